The first-order chi connectivity index (χ1) is 14.0. The molecular weight excluding hydrogens is 394 g/mol. The molecule has 3 amide bonds. The van der Waals surface area contributed by atoms with E-state index in [1.54, 1.807) is 0 Å². The van der Waals surface area contributed by atoms with Gasteiger partial charge in [-0.2, -0.15) is 0 Å². The van der Waals surface area contributed by atoms with Crippen molar-refractivity contribution >= 4 is 34.8 Å². The second kappa shape index (κ2) is 7.24. The monoisotopic (exact) mass is 417 g/mol. The molecular formula is C19H23N5O4S. The molecule has 0 unspecified atom stereocenters. The van der Waals surface area contributed by atoms with Crippen molar-refractivity contribution in [1.82, 2.24) is 19.8 Å². The van der Waals surface area contributed by atoms with Crippen molar-refractivity contribution in [2.45, 2.75) is 50.3 Å². The van der Waals surface area contributed by atoms with Gasteiger partial charge in [-0.15, -0.1) is 0 Å². The Hall–Kier alpha value is -2.20. The van der Waals surface area contributed by atoms with Gasteiger partial charge in [-0.3, -0.25) is 19.3 Å². The average Bonchev–Trinajstić information content (AvgIpc) is 3.20. The summed E-state index contributed by atoms with van der Waals surface area (Å²) in [5.41, 5.74) is 1.93. The number of β-amino-alcohol motifs (C(OH)–C–C–N with tert-alkyl or cyclic N) is 1. The van der Waals surface area contributed by atoms with Crippen LogP contribution in [-0.4, -0.2) is 79.5 Å². The molecule has 3 saturated heterocycles. The smallest absolute Gasteiger partial charge is 0.289 e. The molecule has 0 aliphatic carbocycles. The zero-order chi connectivity index (χ0) is 20.1. The summed E-state index contributed by atoms with van der Waals surface area (Å²) < 4.78 is 0. The highest BCUT2D eigenvalue weighted by Crippen LogP contribution is 2.43. The van der Waals surface area contributed by atoms with E-state index >= 15 is 0 Å². The third-order valence-corrected chi connectivity index (χ3v) is 7.14. The minimum Gasteiger partial charge on any atom is -0.391 e. The summed E-state index contributed by atoms with van der Waals surface area (Å²) in [6, 6.07) is -0.0622. The molecule has 29 heavy (non-hydrogen) atoms. The summed E-state index contributed by atoms with van der Waals surface area (Å²) in [6.45, 7) is 1.20. The van der Waals surface area contributed by atoms with Gasteiger partial charge in [-0.25, -0.2) is 9.97 Å². The Morgan fingerprint density at radius 2 is 2.14 bits per heavy atom. The normalized spacial score (nSPS) is 28.9. The van der Waals surface area contributed by atoms with E-state index in [0.717, 1.165) is 60.1 Å². The summed E-state index contributed by atoms with van der Waals surface area (Å²) in [4.78, 5) is 50.9. The Morgan fingerprint density at radius 3 is 2.90 bits per heavy atom. The van der Waals surface area contributed by atoms with Crippen LogP contribution in [0.5, 0.6) is 0 Å². The number of carbonyl (C=O) groups is 3. The predicted molar refractivity (Wildman–Crippen MR) is 105 cm³/mol. The molecule has 5 heterocycles. The third-order valence-electron chi connectivity index (χ3n) is 6.28. The van der Waals surface area contributed by atoms with Crippen molar-refractivity contribution < 1.29 is 19.5 Å². The standard InChI is InChI=1S/C19H23N5O4S/c25-12-2-1-5-22(8-12)18-20-7-13-14(21-18)6-11-3-4-15(13)24(11)16(26)9-23-17(27)10-29-19(23)28/h7,11-12,15,25H,1-6,8-10H2/t11-,12-,15-/m0/s1. The maximum atomic E-state index is 13.0. The number of aromatic nitrogens is 2. The maximum absolute atomic E-state index is 13.0. The number of carbonyl (C=O) groups excluding carboxylic acids is 3. The third kappa shape index (κ3) is 3.28. The van der Waals surface area contributed by atoms with Gasteiger partial charge in [0.25, 0.3) is 5.24 Å². The largest absolute Gasteiger partial charge is 0.391 e. The number of amides is 3. The summed E-state index contributed by atoms with van der Waals surface area (Å²) in [5.74, 6) is 0.279. The highest BCUT2D eigenvalue weighted by molar-refractivity contribution is 8.14. The van der Waals surface area contributed by atoms with Crippen LogP contribution in [0, 0.1) is 0 Å². The fraction of sp³-hybridized carbons (Fsp3) is 0.632. The molecule has 2 bridgehead atoms. The van der Waals surface area contributed by atoms with Crippen molar-refractivity contribution in [1.29, 1.82) is 0 Å². The van der Waals surface area contributed by atoms with E-state index in [0.29, 0.717) is 18.9 Å². The number of piperidine rings is 1. The van der Waals surface area contributed by atoms with Gasteiger partial charge in [-0.05, 0) is 25.7 Å². The van der Waals surface area contributed by atoms with Gasteiger partial charge in [-0.1, -0.05) is 11.8 Å². The number of hydrogen-bond donors (Lipinski definition) is 1. The van der Waals surface area contributed by atoms with Gasteiger partial charge in [0.2, 0.25) is 17.8 Å². The average molecular weight is 417 g/mol. The van der Waals surface area contributed by atoms with Crippen LogP contribution < -0.4 is 4.90 Å². The quantitative estimate of drug-likeness (QED) is 0.767. The number of aliphatic hydroxyl groups is 1. The van der Waals surface area contributed by atoms with Crippen LogP contribution in [0.25, 0.3) is 0 Å². The van der Waals surface area contributed by atoms with E-state index in [1.807, 2.05) is 16.0 Å². The van der Waals surface area contributed by atoms with Crippen molar-refractivity contribution in [3.05, 3.63) is 17.5 Å². The van der Waals surface area contributed by atoms with E-state index in [4.69, 9.17) is 4.98 Å². The number of thioether (sulfide) groups is 1. The molecule has 3 fully saturated rings. The molecule has 10 heteroatoms. The first-order valence-electron chi connectivity index (χ1n) is 10.1. The zero-order valence-corrected chi connectivity index (χ0v) is 16.8. The molecule has 4 aliphatic rings. The molecule has 3 atom stereocenters. The second-order valence-electron chi connectivity index (χ2n) is 8.10. The molecule has 5 rings (SSSR count). The molecule has 1 aromatic rings. The summed E-state index contributed by atoms with van der Waals surface area (Å²) in [7, 11) is 0. The molecule has 1 aromatic heterocycles. The lowest BCUT2D eigenvalue weighted by Gasteiger charge is -2.37. The molecule has 1 N–H and O–H groups in total. The van der Waals surface area contributed by atoms with Crippen LogP contribution >= 0.6 is 11.8 Å². The molecule has 154 valence electrons. The van der Waals surface area contributed by atoms with Crippen LogP contribution in [0.3, 0.4) is 0 Å². The Morgan fingerprint density at radius 1 is 1.28 bits per heavy atom. The number of imide groups is 1. The first kappa shape index (κ1) is 18.8. The number of aliphatic hydroxyl groups excluding tert-OH is 1. The van der Waals surface area contributed by atoms with Crippen molar-refractivity contribution in [2.24, 2.45) is 0 Å². The highest BCUT2D eigenvalue weighted by atomic mass is 32.2. The lowest BCUT2D eigenvalue weighted by Crippen LogP contribution is -2.48. The summed E-state index contributed by atoms with van der Waals surface area (Å²) >= 11 is 0.947. The molecule has 9 nitrogen and oxygen atoms in total. The van der Waals surface area contributed by atoms with Crippen LogP contribution in [0.1, 0.15) is 43.0 Å². The van der Waals surface area contributed by atoms with Crippen LogP contribution in [0.4, 0.5) is 10.7 Å². The minimum absolute atomic E-state index is 0.0372. The fourth-order valence-corrected chi connectivity index (χ4v) is 5.61. The van der Waals surface area contributed by atoms with E-state index in [2.05, 4.69) is 4.98 Å². The molecule has 0 spiro atoms. The van der Waals surface area contributed by atoms with Crippen molar-refractivity contribution in [2.75, 3.05) is 30.3 Å². The van der Waals surface area contributed by atoms with E-state index in [9.17, 15) is 19.5 Å². The lowest BCUT2D eigenvalue weighted by molar-refractivity contribution is -0.139. The number of nitrogens with zero attached hydrogens (tertiary/aromatic N) is 5. The van der Waals surface area contributed by atoms with Crippen molar-refractivity contribution in [3.63, 3.8) is 0 Å². The number of rotatable bonds is 3. The fourth-order valence-electron chi connectivity index (χ4n) is 4.89. The topological polar surface area (TPSA) is 107 Å². The van der Waals surface area contributed by atoms with E-state index < -0.39 is 0 Å². The van der Waals surface area contributed by atoms with E-state index in [1.165, 1.54) is 0 Å². The van der Waals surface area contributed by atoms with Gasteiger partial charge in [0.15, 0.2) is 0 Å². The molecule has 0 aromatic carbocycles. The second-order valence-corrected chi connectivity index (χ2v) is 9.03. The van der Waals surface area contributed by atoms with Gasteiger partial charge in [0.1, 0.15) is 6.54 Å². The first-order valence-corrected chi connectivity index (χ1v) is 11.1. The lowest BCUT2D eigenvalue weighted by atomic mass is 9.99. The Kier molecular flexibility index (Phi) is 4.70. The van der Waals surface area contributed by atoms with Crippen LogP contribution in [0.15, 0.2) is 6.20 Å². The van der Waals surface area contributed by atoms with E-state index in [-0.39, 0.29) is 47.5 Å². The zero-order valence-electron chi connectivity index (χ0n) is 16.0. The number of anilines is 1. The van der Waals surface area contributed by atoms with Gasteiger partial charge >= 0.3 is 0 Å². The van der Waals surface area contributed by atoms with Gasteiger partial charge in [0.05, 0.1) is 23.6 Å². The number of fused-ring (bicyclic) bond motifs is 4. The van der Waals surface area contributed by atoms with Crippen LogP contribution in [0.2, 0.25) is 0 Å². The van der Waals surface area contributed by atoms with Gasteiger partial charge in [0, 0.05) is 37.3 Å². The summed E-state index contributed by atoms with van der Waals surface area (Å²) in [5, 5.41) is 9.59. The minimum atomic E-state index is -0.346. The number of hydrogen-bond acceptors (Lipinski definition) is 8. The van der Waals surface area contributed by atoms with Crippen molar-refractivity contribution in [3.8, 4) is 0 Å². The molecule has 0 saturated carbocycles. The molecule has 0 radical (unpaired) electrons. The summed E-state index contributed by atoms with van der Waals surface area (Å²) in [6.07, 6.45) is 5.56. The Balaban J connectivity index is 1.35. The molecule has 4 aliphatic heterocycles. The van der Waals surface area contributed by atoms with Gasteiger partial charge < -0.3 is 14.9 Å². The SMILES string of the molecule is O=C1CSC(=O)N1CC(=O)N1[C@H]2CC[C@H]1c1cnc(N3CCC[C@H](O)C3)nc1C2. The maximum Gasteiger partial charge on any atom is 0.289 e. The Labute approximate surface area is 172 Å². The predicted octanol–water partition coefficient (Wildman–Crippen LogP) is 0.721. The Bertz CT molecular complexity index is 864. The highest BCUT2D eigenvalue weighted by Gasteiger charge is 2.45. The van der Waals surface area contributed by atoms with Crippen LogP contribution in [-0.2, 0) is 16.0 Å².